The summed E-state index contributed by atoms with van der Waals surface area (Å²) < 4.78 is 0. The van der Waals surface area contributed by atoms with E-state index in [9.17, 15) is 10.2 Å². The Morgan fingerprint density at radius 1 is 1.35 bits per heavy atom. The van der Waals surface area contributed by atoms with E-state index in [-0.39, 0.29) is 5.75 Å². The van der Waals surface area contributed by atoms with Gasteiger partial charge in [0, 0.05) is 9.80 Å². The average molecular weight is 250 g/mol. The Hall–Kier alpha value is -1.19. The maximum Gasteiger partial charge on any atom is 0.115 e. The average Bonchev–Trinajstić information content (AvgIpc) is 2.29. The van der Waals surface area contributed by atoms with Crippen LogP contribution in [0, 0.1) is 0 Å². The molecule has 1 unspecified atom stereocenters. The summed E-state index contributed by atoms with van der Waals surface area (Å²) in [6.07, 6.45) is 6.30. The summed E-state index contributed by atoms with van der Waals surface area (Å²) >= 11 is 1.62. The predicted molar refractivity (Wildman–Crippen MR) is 73.2 cm³/mol. The van der Waals surface area contributed by atoms with E-state index in [1.807, 2.05) is 18.2 Å². The van der Waals surface area contributed by atoms with Gasteiger partial charge in [-0.2, -0.15) is 0 Å². The highest BCUT2D eigenvalue weighted by atomic mass is 32.2. The van der Waals surface area contributed by atoms with Crippen LogP contribution in [0.3, 0.4) is 0 Å². The van der Waals surface area contributed by atoms with E-state index in [2.05, 4.69) is 13.0 Å². The molecule has 0 saturated carbocycles. The summed E-state index contributed by atoms with van der Waals surface area (Å²) in [5.41, 5.74) is 0. The Labute approximate surface area is 107 Å². The van der Waals surface area contributed by atoms with Crippen molar-refractivity contribution in [2.75, 3.05) is 0 Å². The van der Waals surface area contributed by atoms with Crippen LogP contribution >= 0.6 is 11.8 Å². The summed E-state index contributed by atoms with van der Waals surface area (Å²) in [6.45, 7) is 3.80. The predicted octanol–water partition coefficient (Wildman–Crippen LogP) is 3.72. The van der Waals surface area contributed by atoms with E-state index >= 15 is 0 Å². The van der Waals surface area contributed by atoms with Crippen LogP contribution in [0.1, 0.15) is 20.3 Å². The van der Waals surface area contributed by atoms with Crippen LogP contribution in [0.25, 0.3) is 0 Å². The zero-order valence-electron chi connectivity index (χ0n) is 10.1. The summed E-state index contributed by atoms with van der Waals surface area (Å²) in [5, 5.41) is 18.4. The fourth-order valence-electron chi connectivity index (χ4n) is 1.23. The molecule has 0 aliphatic heterocycles. The lowest BCUT2D eigenvalue weighted by Gasteiger charge is -2.03. The number of hydrogen-bond acceptors (Lipinski definition) is 3. The number of phenols is 1. The van der Waals surface area contributed by atoms with Gasteiger partial charge in [-0.3, -0.25) is 0 Å². The molecule has 1 aromatic rings. The second-order valence-electron chi connectivity index (χ2n) is 3.71. The number of rotatable bonds is 5. The Morgan fingerprint density at radius 2 is 2.00 bits per heavy atom. The van der Waals surface area contributed by atoms with Crippen LogP contribution in [0.4, 0.5) is 0 Å². The van der Waals surface area contributed by atoms with Gasteiger partial charge in [0.25, 0.3) is 0 Å². The zero-order chi connectivity index (χ0) is 12.7. The first-order chi connectivity index (χ1) is 8.11. The van der Waals surface area contributed by atoms with Crippen LogP contribution in [0.2, 0.25) is 0 Å². The van der Waals surface area contributed by atoms with Crippen molar-refractivity contribution >= 4 is 11.8 Å². The standard InChI is InChI=1S/C14H18O2S/c1-3-4-13(8-5-11(2)15)17-14-9-6-12(16)7-10-14/h4-11,15-16H,3H2,1-2H3/b8-5-,13-4+. The molecule has 0 fully saturated rings. The van der Waals surface area contributed by atoms with Crippen molar-refractivity contribution in [3.8, 4) is 5.75 Å². The van der Waals surface area contributed by atoms with Gasteiger partial charge in [0.05, 0.1) is 6.10 Å². The number of thioether (sulfide) groups is 1. The molecule has 0 heterocycles. The second-order valence-corrected chi connectivity index (χ2v) is 4.86. The summed E-state index contributed by atoms with van der Waals surface area (Å²) in [7, 11) is 0. The van der Waals surface area contributed by atoms with Crippen molar-refractivity contribution in [2.24, 2.45) is 0 Å². The van der Waals surface area contributed by atoms with Crippen molar-refractivity contribution in [1.82, 2.24) is 0 Å². The number of phenolic OH excluding ortho intramolecular Hbond substituents is 1. The Balaban J connectivity index is 2.73. The molecule has 92 valence electrons. The van der Waals surface area contributed by atoms with Crippen molar-refractivity contribution in [3.63, 3.8) is 0 Å². The largest absolute Gasteiger partial charge is 0.508 e. The van der Waals surface area contributed by atoms with Gasteiger partial charge in [0.2, 0.25) is 0 Å². The highest BCUT2D eigenvalue weighted by molar-refractivity contribution is 8.03. The first kappa shape index (κ1) is 13.9. The monoisotopic (exact) mass is 250 g/mol. The van der Waals surface area contributed by atoms with E-state index < -0.39 is 6.10 Å². The highest BCUT2D eigenvalue weighted by Crippen LogP contribution is 2.29. The molecule has 0 aliphatic carbocycles. The molecule has 0 spiro atoms. The molecule has 1 rings (SSSR count). The summed E-state index contributed by atoms with van der Waals surface area (Å²) in [5.74, 6) is 0.273. The molecule has 3 heteroatoms. The molecule has 0 aromatic heterocycles. The maximum atomic E-state index is 9.22. The van der Waals surface area contributed by atoms with Gasteiger partial charge in [-0.05, 0) is 37.6 Å². The third-order valence-electron chi connectivity index (χ3n) is 2.02. The second kappa shape index (κ2) is 7.20. The highest BCUT2D eigenvalue weighted by Gasteiger charge is 1.98. The van der Waals surface area contributed by atoms with Crippen LogP contribution in [0.5, 0.6) is 5.75 Å². The van der Waals surface area contributed by atoms with E-state index in [4.69, 9.17) is 0 Å². The molecule has 0 bridgehead atoms. The van der Waals surface area contributed by atoms with Crippen LogP contribution < -0.4 is 0 Å². The van der Waals surface area contributed by atoms with E-state index in [1.165, 1.54) is 0 Å². The topological polar surface area (TPSA) is 40.5 Å². The third kappa shape index (κ3) is 5.61. The quantitative estimate of drug-likeness (QED) is 0.618. The van der Waals surface area contributed by atoms with Gasteiger partial charge in [-0.1, -0.05) is 36.9 Å². The maximum absolute atomic E-state index is 9.22. The zero-order valence-corrected chi connectivity index (χ0v) is 10.9. The minimum atomic E-state index is -0.435. The molecule has 2 N–H and O–H groups in total. The number of hydrogen-bond donors (Lipinski definition) is 2. The van der Waals surface area contributed by atoms with Crippen molar-refractivity contribution in [3.05, 3.63) is 47.4 Å². The van der Waals surface area contributed by atoms with Gasteiger partial charge >= 0.3 is 0 Å². The molecule has 0 saturated heterocycles. The van der Waals surface area contributed by atoms with Crippen molar-refractivity contribution in [2.45, 2.75) is 31.3 Å². The molecule has 2 nitrogen and oxygen atoms in total. The minimum Gasteiger partial charge on any atom is -0.508 e. The molecule has 1 aromatic carbocycles. The molecule has 17 heavy (non-hydrogen) atoms. The molecule has 0 aliphatic rings. The molecule has 0 amide bonds. The first-order valence-electron chi connectivity index (χ1n) is 5.65. The van der Waals surface area contributed by atoms with Gasteiger partial charge in [-0.25, -0.2) is 0 Å². The van der Waals surface area contributed by atoms with E-state index in [0.717, 1.165) is 16.2 Å². The number of allylic oxidation sites excluding steroid dienone is 2. The van der Waals surface area contributed by atoms with E-state index in [0.29, 0.717) is 0 Å². The Bertz CT molecular complexity index is 391. The van der Waals surface area contributed by atoms with Crippen LogP contribution in [-0.4, -0.2) is 16.3 Å². The Kier molecular flexibility index (Phi) is 5.87. The molecular weight excluding hydrogens is 232 g/mol. The van der Waals surface area contributed by atoms with Crippen LogP contribution in [0.15, 0.2) is 52.3 Å². The van der Waals surface area contributed by atoms with Gasteiger partial charge in [-0.15, -0.1) is 0 Å². The Morgan fingerprint density at radius 3 is 2.53 bits per heavy atom. The number of aromatic hydroxyl groups is 1. The lowest BCUT2D eigenvalue weighted by Crippen LogP contribution is -1.91. The molecule has 0 radical (unpaired) electrons. The number of aliphatic hydroxyl groups excluding tert-OH is 1. The van der Waals surface area contributed by atoms with Crippen molar-refractivity contribution in [1.29, 1.82) is 0 Å². The van der Waals surface area contributed by atoms with Gasteiger partial charge in [0.1, 0.15) is 5.75 Å². The lowest BCUT2D eigenvalue weighted by molar-refractivity contribution is 0.244. The smallest absolute Gasteiger partial charge is 0.115 e. The minimum absolute atomic E-state index is 0.273. The fourth-order valence-corrected chi connectivity index (χ4v) is 2.17. The number of benzene rings is 1. The SMILES string of the molecule is CC/C=C(\C=C/C(C)O)Sc1ccc(O)cc1. The van der Waals surface area contributed by atoms with Gasteiger partial charge < -0.3 is 10.2 Å². The van der Waals surface area contributed by atoms with Crippen molar-refractivity contribution < 1.29 is 10.2 Å². The fraction of sp³-hybridized carbons (Fsp3) is 0.286. The number of aliphatic hydroxyl groups is 1. The summed E-state index contributed by atoms with van der Waals surface area (Å²) in [6, 6.07) is 7.09. The third-order valence-corrected chi connectivity index (χ3v) is 3.06. The summed E-state index contributed by atoms with van der Waals surface area (Å²) in [4.78, 5) is 2.16. The molecule has 1 atom stereocenters. The molecular formula is C14H18O2S. The lowest BCUT2D eigenvalue weighted by atomic mass is 10.3. The van der Waals surface area contributed by atoms with E-state index in [1.54, 1.807) is 36.9 Å². The normalized spacial score (nSPS) is 14.2. The van der Waals surface area contributed by atoms with Crippen LogP contribution in [-0.2, 0) is 0 Å². The first-order valence-corrected chi connectivity index (χ1v) is 6.46. The van der Waals surface area contributed by atoms with Gasteiger partial charge in [0.15, 0.2) is 0 Å².